The quantitative estimate of drug-likeness (QED) is 0.812. The second kappa shape index (κ2) is 11.0. The Kier molecular flexibility index (Phi) is 10.7. The van der Waals surface area contributed by atoms with E-state index in [1.54, 1.807) is 11.8 Å². The number of carbonyl (C=O) groups is 1. The number of rotatable bonds is 6. The Morgan fingerprint density at radius 3 is 2.73 bits per heavy atom. The van der Waals surface area contributed by atoms with Gasteiger partial charge in [-0.05, 0) is 25.5 Å². The lowest BCUT2D eigenvalue weighted by Crippen LogP contribution is -2.44. The molecule has 1 aromatic carbocycles. The fraction of sp³-hybridized carbons (Fsp3) is 0.533. The number of aryl methyl sites for hydroxylation is 1. The molecule has 1 unspecified atom stereocenters. The maximum Gasteiger partial charge on any atom is 0.238 e. The van der Waals surface area contributed by atoms with E-state index in [-0.39, 0.29) is 36.8 Å². The van der Waals surface area contributed by atoms with Gasteiger partial charge in [0.15, 0.2) is 0 Å². The number of halogens is 2. The molecule has 0 aromatic heterocycles. The van der Waals surface area contributed by atoms with Crippen molar-refractivity contribution in [3.8, 4) is 0 Å². The van der Waals surface area contributed by atoms with Gasteiger partial charge >= 0.3 is 0 Å². The first kappa shape index (κ1) is 21.4. The average molecular weight is 366 g/mol. The summed E-state index contributed by atoms with van der Waals surface area (Å²) >= 11 is 1.77. The normalized spacial score (nSPS) is 16.4. The molecule has 1 aromatic rings. The summed E-state index contributed by atoms with van der Waals surface area (Å²) in [7, 11) is 0. The van der Waals surface area contributed by atoms with Gasteiger partial charge in [-0.15, -0.1) is 36.6 Å². The number of thioether (sulfide) groups is 1. The topological polar surface area (TPSA) is 44.4 Å². The van der Waals surface area contributed by atoms with Gasteiger partial charge in [-0.25, -0.2) is 0 Å². The number of benzene rings is 1. The van der Waals surface area contributed by atoms with E-state index in [1.807, 2.05) is 0 Å². The van der Waals surface area contributed by atoms with Crippen LogP contribution in [0.1, 0.15) is 12.5 Å². The molecule has 0 aliphatic carbocycles. The van der Waals surface area contributed by atoms with Crippen LogP contribution in [0.25, 0.3) is 0 Å². The first-order valence-corrected chi connectivity index (χ1v) is 8.27. The molecule has 22 heavy (non-hydrogen) atoms. The predicted molar refractivity (Wildman–Crippen MR) is 101 cm³/mol. The van der Waals surface area contributed by atoms with Gasteiger partial charge in [0.25, 0.3) is 0 Å². The molecule has 1 atom stereocenters. The fourth-order valence-corrected chi connectivity index (χ4v) is 3.31. The summed E-state index contributed by atoms with van der Waals surface area (Å²) < 4.78 is 0. The molecule has 4 nitrogen and oxygen atoms in total. The summed E-state index contributed by atoms with van der Waals surface area (Å²) in [5.41, 5.74) is 2.52. The van der Waals surface area contributed by atoms with Crippen LogP contribution in [-0.4, -0.2) is 43.2 Å². The van der Waals surface area contributed by atoms with Crippen molar-refractivity contribution in [3.05, 3.63) is 29.8 Å². The van der Waals surface area contributed by atoms with Gasteiger partial charge in [0.05, 0.1) is 6.04 Å². The molecule has 7 heteroatoms. The Bertz CT molecular complexity index is 456. The van der Waals surface area contributed by atoms with Crippen LogP contribution in [0, 0.1) is 6.92 Å². The van der Waals surface area contributed by atoms with E-state index in [0.717, 1.165) is 24.7 Å². The molecule has 0 bridgehead atoms. The maximum absolute atomic E-state index is 11.9. The van der Waals surface area contributed by atoms with Crippen LogP contribution in [0.2, 0.25) is 0 Å². The summed E-state index contributed by atoms with van der Waals surface area (Å²) in [6, 6.07) is 8.35. The summed E-state index contributed by atoms with van der Waals surface area (Å²) in [6.07, 6.45) is 0. The number of para-hydroxylation sites is 1. The molecule has 2 N–H and O–H groups in total. The van der Waals surface area contributed by atoms with Crippen molar-refractivity contribution in [2.24, 2.45) is 0 Å². The molecule has 1 aliphatic rings. The highest BCUT2D eigenvalue weighted by molar-refractivity contribution is 7.99. The molecule has 1 amide bonds. The Balaban J connectivity index is 0.00000220. The van der Waals surface area contributed by atoms with Crippen molar-refractivity contribution < 1.29 is 4.79 Å². The lowest BCUT2D eigenvalue weighted by atomic mass is 10.2. The van der Waals surface area contributed by atoms with Gasteiger partial charge < -0.3 is 10.2 Å². The number of hydrogen-bond acceptors (Lipinski definition) is 4. The van der Waals surface area contributed by atoms with Crippen LogP contribution in [0.15, 0.2) is 24.3 Å². The highest BCUT2D eigenvalue weighted by atomic mass is 35.5. The monoisotopic (exact) mass is 365 g/mol. The maximum atomic E-state index is 11.9. The van der Waals surface area contributed by atoms with Crippen molar-refractivity contribution in [2.45, 2.75) is 19.9 Å². The van der Waals surface area contributed by atoms with Crippen molar-refractivity contribution in [1.29, 1.82) is 0 Å². The second-order valence-corrected chi connectivity index (χ2v) is 5.96. The minimum atomic E-state index is -0.0199. The highest BCUT2D eigenvalue weighted by Gasteiger charge is 2.21. The molecule has 1 fully saturated rings. The first-order valence-electron chi connectivity index (χ1n) is 7.11. The minimum absolute atomic E-state index is 0. The van der Waals surface area contributed by atoms with Crippen molar-refractivity contribution >= 4 is 48.2 Å². The Labute approximate surface area is 149 Å². The molecule has 0 spiro atoms. The zero-order valence-corrected chi connectivity index (χ0v) is 15.5. The van der Waals surface area contributed by atoms with Gasteiger partial charge in [0.1, 0.15) is 0 Å². The number of amides is 1. The molecule has 0 saturated carbocycles. The lowest BCUT2D eigenvalue weighted by molar-refractivity contribution is -0.122. The molecule has 126 valence electrons. The van der Waals surface area contributed by atoms with Crippen LogP contribution in [0.4, 0.5) is 5.69 Å². The van der Waals surface area contributed by atoms with Crippen molar-refractivity contribution in [2.75, 3.05) is 36.2 Å². The average Bonchev–Trinajstić information content (AvgIpc) is 2.99. The van der Waals surface area contributed by atoms with Crippen molar-refractivity contribution in [1.82, 2.24) is 10.6 Å². The molecule has 0 radical (unpaired) electrons. The number of anilines is 1. The van der Waals surface area contributed by atoms with Gasteiger partial charge in [-0.3, -0.25) is 10.1 Å². The Morgan fingerprint density at radius 2 is 2.14 bits per heavy atom. The fourth-order valence-electron chi connectivity index (χ4n) is 2.37. The van der Waals surface area contributed by atoms with Gasteiger partial charge in [-0.2, -0.15) is 0 Å². The van der Waals surface area contributed by atoms with Gasteiger partial charge in [-0.1, -0.05) is 18.2 Å². The highest BCUT2D eigenvalue weighted by Crippen LogP contribution is 2.18. The summed E-state index contributed by atoms with van der Waals surface area (Å²) in [5.74, 6) is 1.87. The summed E-state index contributed by atoms with van der Waals surface area (Å²) in [5, 5.41) is 6.21. The Hall–Kier alpha value is -0.620. The first-order chi connectivity index (χ1) is 9.72. The van der Waals surface area contributed by atoms with Crippen molar-refractivity contribution in [3.63, 3.8) is 0 Å². The van der Waals surface area contributed by atoms with E-state index in [0.29, 0.717) is 6.54 Å². The van der Waals surface area contributed by atoms with E-state index in [9.17, 15) is 4.79 Å². The third-order valence-electron chi connectivity index (χ3n) is 3.55. The van der Waals surface area contributed by atoms with E-state index in [2.05, 4.69) is 53.6 Å². The number of likely N-dealkylation sites (N-methyl/N-ethyl adjacent to an activating group) is 1. The minimum Gasteiger partial charge on any atom is -0.370 e. The van der Waals surface area contributed by atoms with Crippen LogP contribution in [-0.2, 0) is 4.79 Å². The standard InChI is InChI=1S/C15H23N3OS.2ClH/c1-3-18(14-7-5-4-6-12(14)2)9-8-16-15(19)13-10-20-11-17-13;;/h4-7,13,17H,3,8-11H2,1-2H3,(H,16,19);2*1H. The predicted octanol–water partition coefficient (Wildman–Crippen LogP) is 2.44. The van der Waals surface area contributed by atoms with E-state index in [1.165, 1.54) is 11.3 Å². The van der Waals surface area contributed by atoms with Crippen LogP contribution >= 0.6 is 36.6 Å². The molecule has 1 saturated heterocycles. The molecule has 1 heterocycles. The molecule has 1 aliphatic heterocycles. The number of nitrogens with one attached hydrogen (secondary N) is 2. The number of carbonyl (C=O) groups excluding carboxylic acids is 1. The third-order valence-corrected chi connectivity index (χ3v) is 4.49. The molecular weight excluding hydrogens is 341 g/mol. The largest absolute Gasteiger partial charge is 0.370 e. The van der Waals surface area contributed by atoms with Crippen LogP contribution < -0.4 is 15.5 Å². The van der Waals surface area contributed by atoms with Gasteiger partial charge in [0, 0.05) is 37.0 Å². The van der Waals surface area contributed by atoms with E-state index < -0.39 is 0 Å². The number of nitrogens with zero attached hydrogens (tertiary/aromatic N) is 1. The lowest BCUT2D eigenvalue weighted by Gasteiger charge is -2.25. The third kappa shape index (κ3) is 5.88. The van der Waals surface area contributed by atoms with E-state index >= 15 is 0 Å². The van der Waals surface area contributed by atoms with Crippen LogP contribution in [0.3, 0.4) is 0 Å². The Morgan fingerprint density at radius 1 is 1.41 bits per heavy atom. The van der Waals surface area contributed by atoms with E-state index in [4.69, 9.17) is 0 Å². The zero-order chi connectivity index (χ0) is 14.4. The second-order valence-electron chi connectivity index (χ2n) is 4.93. The summed E-state index contributed by atoms with van der Waals surface area (Å²) in [4.78, 5) is 14.2. The molecular formula is C15H25Cl2N3OS. The number of hydrogen-bond donors (Lipinski definition) is 2. The van der Waals surface area contributed by atoms with Gasteiger partial charge in [0.2, 0.25) is 5.91 Å². The zero-order valence-electron chi connectivity index (χ0n) is 13.0. The summed E-state index contributed by atoms with van der Waals surface area (Å²) in [6.45, 7) is 6.73. The molecule has 2 rings (SSSR count). The smallest absolute Gasteiger partial charge is 0.238 e. The van der Waals surface area contributed by atoms with Crippen LogP contribution in [0.5, 0.6) is 0 Å². The SMILES string of the molecule is CCN(CCNC(=O)C1CSCN1)c1ccccc1C.Cl.Cl.